The lowest BCUT2D eigenvalue weighted by Gasteiger charge is -2.16. The molecule has 0 amide bonds. The van der Waals surface area contributed by atoms with Gasteiger partial charge in [-0.1, -0.05) is 68.3 Å². The normalized spacial score (nSPS) is 11.2. The summed E-state index contributed by atoms with van der Waals surface area (Å²) in [5, 5.41) is 24.9. The van der Waals surface area contributed by atoms with E-state index >= 15 is 0 Å². The minimum atomic E-state index is 0.132. The summed E-state index contributed by atoms with van der Waals surface area (Å²) in [7, 11) is 0. The summed E-state index contributed by atoms with van der Waals surface area (Å²) in [6.07, 6.45) is 0. The lowest BCUT2D eigenvalue weighted by atomic mass is 9.92. The largest absolute Gasteiger partial charge is 0.507 e. The molecule has 4 heteroatoms. The van der Waals surface area contributed by atoms with Crippen LogP contribution in [0.5, 0.6) is 11.5 Å². The van der Waals surface area contributed by atoms with Gasteiger partial charge in [0.1, 0.15) is 11.5 Å². The number of phenols is 2. The molecule has 0 saturated heterocycles. The first-order chi connectivity index (χ1) is 11.6. The van der Waals surface area contributed by atoms with Crippen LogP contribution in [0.15, 0.2) is 69.6 Å². The van der Waals surface area contributed by atoms with Gasteiger partial charge in [0.15, 0.2) is 0 Å². The molecule has 0 fully saturated rings. The summed E-state index contributed by atoms with van der Waals surface area (Å²) in [6, 6.07) is 18.8. The Balaban J connectivity index is 2.27. The molecule has 0 aromatic heterocycles. The van der Waals surface area contributed by atoms with Crippen molar-refractivity contribution in [1.29, 1.82) is 0 Å². The predicted molar refractivity (Wildman–Crippen MR) is 106 cm³/mol. The van der Waals surface area contributed by atoms with E-state index in [1.807, 2.05) is 48.5 Å². The van der Waals surface area contributed by atoms with Crippen molar-refractivity contribution in [2.24, 2.45) is 0 Å². The molecule has 4 aromatic carbocycles. The standard InChI is InChI=1S/C20H12Br2O2/c21-13-5-1-3-11-7-9-15(23)19(17(11)13)20-16(24)10-8-12-4-2-6-14(22)18(12)20/h1-10,23-24H. The summed E-state index contributed by atoms with van der Waals surface area (Å²) < 4.78 is 1.74. The predicted octanol–water partition coefficient (Wildman–Crippen LogP) is 6.60. The first-order valence-electron chi connectivity index (χ1n) is 7.38. The van der Waals surface area contributed by atoms with Gasteiger partial charge in [-0.15, -0.1) is 0 Å². The van der Waals surface area contributed by atoms with Crippen molar-refractivity contribution < 1.29 is 10.2 Å². The molecule has 0 heterocycles. The van der Waals surface area contributed by atoms with Crippen LogP contribution in [0.1, 0.15) is 0 Å². The van der Waals surface area contributed by atoms with Gasteiger partial charge in [0.25, 0.3) is 0 Å². The maximum atomic E-state index is 10.6. The van der Waals surface area contributed by atoms with Gasteiger partial charge < -0.3 is 10.2 Å². The van der Waals surface area contributed by atoms with Crippen molar-refractivity contribution in [3.05, 3.63) is 69.6 Å². The summed E-state index contributed by atoms with van der Waals surface area (Å²) in [6.45, 7) is 0. The number of hydrogen-bond donors (Lipinski definition) is 2. The van der Waals surface area contributed by atoms with Crippen LogP contribution < -0.4 is 0 Å². The molecule has 4 aromatic rings. The van der Waals surface area contributed by atoms with Gasteiger partial charge in [-0.2, -0.15) is 0 Å². The molecule has 2 N–H and O–H groups in total. The summed E-state index contributed by atoms with van der Waals surface area (Å²) in [5.41, 5.74) is 1.24. The fourth-order valence-electron chi connectivity index (χ4n) is 3.15. The molecule has 0 unspecified atom stereocenters. The van der Waals surface area contributed by atoms with E-state index in [0.29, 0.717) is 11.1 Å². The van der Waals surface area contributed by atoms with Gasteiger partial charge in [0.05, 0.1) is 0 Å². The van der Waals surface area contributed by atoms with E-state index in [1.54, 1.807) is 12.1 Å². The van der Waals surface area contributed by atoms with Crippen LogP contribution in [0.4, 0.5) is 0 Å². The number of fused-ring (bicyclic) bond motifs is 2. The molecule has 0 radical (unpaired) electrons. The number of halogens is 2. The third kappa shape index (κ3) is 2.29. The van der Waals surface area contributed by atoms with Gasteiger partial charge in [-0.25, -0.2) is 0 Å². The number of hydrogen-bond acceptors (Lipinski definition) is 2. The van der Waals surface area contributed by atoms with Crippen molar-refractivity contribution in [1.82, 2.24) is 0 Å². The van der Waals surface area contributed by atoms with Crippen LogP contribution >= 0.6 is 31.9 Å². The van der Waals surface area contributed by atoms with E-state index in [0.717, 1.165) is 30.5 Å². The summed E-state index contributed by atoms with van der Waals surface area (Å²) in [5.74, 6) is 0.265. The van der Waals surface area contributed by atoms with E-state index in [-0.39, 0.29) is 11.5 Å². The zero-order valence-electron chi connectivity index (χ0n) is 12.4. The Morgan fingerprint density at radius 2 is 0.958 bits per heavy atom. The first kappa shape index (κ1) is 15.5. The maximum absolute atomic E-state index is 10.6. The quantitative estimate of drug-likeness (QED) is 0.348. The number of rotatable bonds is 1. The molecule has 0 aliphatic rings. The minimum Gasteiger partial charge on any atom is -0.507 e. The fraction of sp³-hybridized carbons (Fsp3) is 0. The van der Waals surface area contributed by atoms with Crippen LogP contribution in [-0.4, -0.2) is 10.2 Å². The van der Waals surface area contributed by atoms with E-state index in [4.69, 9.17) is 0 Å². The van der Waals surface area contributed by atoms with Crippen LogP contribution in [0.25, 0.3) is 32.7 Å². The Morgan fingerprint density at radius 1 is 0.542 bits per heavy atom. The van der Waals surface area contributed by atoms with E-state index < -0.39 is 0 Å². The van der Waals surface area contributed by atoms with Crippen LogP contribution in [0, 0.1) is 0 Å². The summed E-state index contributed by atoms with van der Waals surface area (Å²) >= 11 is 7.16. The van der Waals surface area contributed by atoms with Crippen LogP contribution in [0.2, 0.25) is 0 Å². The second-order valence-corrected chi connectivity index (χ2v) is 7.30. The minimum absolute atomic E-state index is 0.132. The Hall–Kier alpha value is -2.04. The highest BCUT2D eigenvalue weighted by molar-refractivity contribution is 9.11. The first-order valence-corrected chi connectivity index (χ1v) is 8.97. The highest BCUT2D eigenvalue weighted by Gasteiger charge is 2.19. The topological polar surface area (TPSA) is 40.5 Å². The molecule has 0 saturated carbocycles. The molecule has 0 aliphatic carbocycles. The third-order valence-electron chi connectivity index (χ3n) is 4.20. The molecule has 24 heavy (non-hydrogen) atoms. The van der Waals surface area contributed by atoms with Crippen molar-refractivity contribution in [3.63, 3.8) is 0 Å². The molecule has 0 bridgehead atoms. The van der Waals surface area contributed by atoms with Crippen molar-refractivity contribution in [2.45, 2.75) is 0 Å². The third-order valence-corrected chi connectivity index (χ3v) is 5.52. The second kappa shape index (κ2) is 5.80. The molecule has 4 rings (SSSR count). The van der Waals surface area contributed by atoms with Gasteiger partial charge >= 0.3 is 0 Å². The van der Waals surface area contributed by atoms with Crippen molar-refractivity contribution >= 4 is 53.4 Å². The summed E-state index contributed by atoms with van der Waals surface area (Å²) in [4.78, 5) is 0. The zero-order valence-corrected chi connectivity index (χ0v) is 15.6. The lowest BCUT2D eigenvalue weighted by Crippen LogP contribution is -1.88. The van der Waals surface area contributed by atoms with E-state index in [9.17, 15) is 10.2 Å². The number of phenolic OH excluding ortho intramolecular Hbond substituents is 2. The SMILES string of the molecule is Oc1ccc2cccc(Br)c2c1-c1c(O)ccc2cccc(Br)c12. The molecular weight excluding hydrogens is 432 g/mol. The van der Waals surface area contributed by atoms with Crippen LogP contribution in [0.3, 0.4) is 0 Å². The zero-order chi connectivity index (χ0) is 16.8. The Labute approximate surface area is 155 Å². The molecule has 118 valence electrons. The lowest BCUT2D eigenvalue weighted by molar-refractivity contribution is 0.470. The van der Waals surface area contributed by atoms with Gasteiger partial charge in [0, 0.05) is 30.8 Å². The van der Waals surface area contributed by atoms with E-state index in [1.165, 1.54) is 0 Å². The Bertz CT molecular complexity index is 1010. The highest BCUT2D eigenvalue weighted by atomic mass is 79.9. The van der Waals surface area contributed by atoms with E-state index in [2.05, 4.69) is 31.9 Å². The Morgan fingerprint density at radius 3 is 1.38 bits per heavy atom. The van der Waals surface area contributed by atoms with Crippen molar-refractivity contribution in [3.8, 4) is 22.6 Å². The van der Waals surface area contributed by atoms with Gasteiger partial charge in [-0.3, -0.25) is 0 Å². The number of aromatic hydroxyl groups is 2. The fourth-order valence-corrected chi connectivity index (χ4v) is 4.31. The van der Waals surface area contributed by atoms with Crippen LogP contribution in [-0.2, 0) is 0 Å². The molecule has 0 aliphatic heterocycles. The average molecular weight is 444 g/mol. The molecule has 0 atom stereocenters. The average Bonchev–Trinajstić information content (AvgIpc) is 2.57. The second-order valence-electron chi connectivity index (χ2n) is 5.60. The van der Waals surface area contributed by atoms with Crippen molar-refractivity contribution in [2.75, 3.05) is 0 Å². The highest BCUT2D eigenvalue weighted by Crippen LogP contribution is 2.47. The van der Waals surface area contributed by atoms with Gasteiger partial charge in [0.2, 0.25) is 0 Å². The van der Waals surface area contributed by atoms with Gasteiger partial charge in [-0.05, 0) is 35.0 Å². The monoisotopic (exact) mass is 442 g/mol. The molecular formula is C20H12Br2O2. The number of benzene rings is 4. The molecule has 2 nitrogen and oxygen atoms in total. The smallest absolute Gasteiger partial charge is 0.124 e. The molecule has 0 spiro atoms. The maximum Gasteiger partial charge on any atom is 0.124 e. The Kier molecular flexibility index (Phi) is 3.74.